The third-order valence-corrected chi connectivity index (χ3v) is 3.50. The fourth-order valence-electron chi connectivity index (χ4n) is 1.12. The number of nitrogens with two attached hydrogens (primary N) is 1. The van der Waals surface area contributed by atoms with E-state index in [0.29, 0.717) is 5.01 Å². The SMILES string of the molecule is NCC(=O)c1nc2c(Br)cccc2s1. The minimum atomic E-state index is -0.113. The lowest BCUT2D eigenvalue weighted by molar-refractivity contribution is 0.100. The van der Waals surface area contributed by atoms with Crippen molar-refractivity contribution in [1.82, 2.24) is 4.98 Å². The molecule has 0 amide bonds. The Morgan fingerprint density at radius 2 is 2.36 bits per heavy atom. The number of ketones is 1. The highest BCUT2D eigenvalue weighted by Gasteiger charge is 2.11. The fourth-order valence-corrected chi connectivity index (χ4v) is 2.65. The molecule has 0 atom stereocenters. The average Bonchev–Trinajstić information content (AvgIpc) is 2.62. The van der Waals surface area contributed by atoms with Crippen LogP contribution in [0.15, 0.2) is 22.7 Å². The molecule has 0 aliphatic carbocycles. The van der Waals surface area contributed by atoms with Gasteiger partial charge in [-0.15, -0.1) is 11.3 Å². The van der Waals surface area contributed by atoms with Crippen LogP contribution >= 0.6 is 27.3 Å². The zero-order valence-corrected chi connectivity index (χ0v) is 9.56. The molecule has 2 N–H and O–H groups in total. The number of aromatic nitrogens is 1. The van der Waals surface area contributed by atoms with Crippen LogP contribution in [-0.4, -0.2) is 17.3 Å². The van der Waals surface area contributed by atoms with E-state index in [1.807, 2.05) is 18.2 Å². The maximum Gasteiger partial charge on any atom is 0.204 e. The van der Waals surface area contributed by atoms with Crippen LogP contribution in [0.3, 0.4) is 0 Å². The van der Waals surface area contributed by atoms with Gasteiger partial charge in [0.2, 0.25) is 5.78 Å². The van der Waals surface area contributed by atoms with E-state index in [1.54, 1.807) is 0 Å². The Bertz CT molecular complexity index is 495. The smallest absolute Gasteiger partial charge is 0.204 e. The molecular weight excluding hydrogens is 264 g/mol. The van der Waals surface area contributed by atoms with Crippen molar-refractivity contribution in [3.05, 3.63) is 27.7 Å². The molecule has 2 aromatic rings. The molecule has 5 heteroatoms. The number of fused-ring (bicyclic) bond motifs is 1. The lowest BCUT2D eigenvalue weighted by Gasteiger charge is -1.88. The number of nitrogens with zero attached hydrogens (tertiary/aromatic N) is 1. The minimum absolute atomic E-state index is 0.0114. The summed E-state index contributed by atoms with van der Waals surface area (Å²) in [5.41, 5.74) is 6.10. The van der Waals surface area contributed by atoms with Crippen molar-refractivity contribution < 1.29 is 4.79 Å². The minimum Gasteiger partial charge on any atom is -0.324 e. The van der Waals surface area contributed by atoms with Gasteiger partial charge in [0.15, 0.2) is 5.01 Å². The van der Waals surface area contributed by atoms with Gasteiger partial charge < -0.3 is 5.73 Å². The molecule has 1 aromatic carbocycles. The zero-order chi connectivity index (χ0) is 10.1. The first-order valence-corrected chi connectivity index (χ1v) is 5.61. The van der Waals surface area contributed by atoms with Crippen molar-refractivity contribution in [1.29, 1.82) is 0 Å². The summed E-state index contributed by atoms with van der Waals surface area (Å²) in [5.74, 6) is -0.113. The standard InChI is InChI=1S/C9H7BrN2OS/c10-5-2-1-3-7-8(5)12-9(14-7)6(13)4-11/h1-3H,4,11H2. The Morgan fingerprint density at radius 3 is 3.00 bits per heavy atom. The van der Waals surface area contributed by atoms with Gasteiger partial charge in [-0.2, -0.15) is 0 Å². The zero-order valence-electron chi connectivity index (χ0n) is 7.16. The van der Waals surface area contributed by atoms with Crippen LogP contribution < -0.4 is 5.73 Å². The Hall–Kier alpha value is -0.780. The highest BCUT2D eigenvalue weighted by atomic mass is 79.9. The van der Waals surface area contributed by atoms with Crippen molar-refractivity contribution in [2.45, 2.75) is 0 Å². The molecule has 14 heavy (non-hydrogen) atoms. The number of hydrogen-bond acceptors (Lipinski definition) is 4. The molecule has 0 saturated carbocycles. The number of benzene rings is 1. The number of carbonyl (C=O) groups is 1. The van der Waals surface area contributed by atoms with E-state index in [9.17, 15) is 4.79 Å². The number of para-hydroxylation sites is 1. The van der Waals surface area contributed by atoms with Gasteiger partial charge in [-0.1, -0.05) is 6.07 Å². The Morgan fingerprint density at radius 1 is 1.57 bits per heavy atom. The second kappa shape index (κ2) is 3.76. The molecule has 0 unspecified atom stereocenters. The highest BCUT2D eigenvalue weighted by Crippen LogP contribution is 2.28. The summed E-state index contributed by atoms with van der Waals surface area (Å²) in [6.45, 7) is 0.0114. The topological polar surface area (TPSA) is 56.0 Å². The third kappa shape index (κ3) is 1.58. The molecule has 0 saturated heterocycles. The summed E-state index contributed by atoms with van der Waals surface area (Å²) < 4.78 is 1.90. The van der Waals surface area contributed by atoms with Crippen LogP contribution in [0.4, 0.5) is 0 Å². The molecular formula is C9H7BrN2OS. The Balaban J connectivity index is 2.62. The molecule has 1 heterocycles. The van der Waals surface area contributed by atoms with E-state index in [2.05, 4.69) is 20.9 Å². The molecule has 0 radical (unpaired) electrons. The normalized spacial score (nSPS) is 10.7. The van der Waals surface area contributed by atoms with Crippen molar-refractivity contribution in [2.75, 3.05) is 6.54 Å². The van der Waals surface area contributed by atoms with Crippen LogP contribution in [0, 0.1) is 0 Å². The summed E-state index contributed by atoms with van der Waals surface area (Å²) in [7, 11) is 0. The van der Waals surface area contributed by atoms with Crippen molar-refractivity contribution in [2.24, 2.45) is 5.73 Å². The van der Waals surface area contributed by atoms with E-state index in [0.717, 1.165) is 14.7 Å². The van der Waals surface area contributed by atoms with Crippen molar-refractivity contribution in [3.63, 3.8) is 0 Å². The predicted octanol–water partition coefficient (Wildman–Crippen LogP) is 2.20. The van der Waals surface area contributed by atoms with E-state index >= 15 is 0 Å². The average molecular weight is 271 g/mol. The van der Waals surface area contributed by atoms with Gasteiger partial charge >= 0.3 is 0 Å². The van der Waals surface area contributed by atoms with Crippen molar-refractivity contribution in [3.8, 4) is 0 Å². The Labute approximate surface area is 93.1 Å². The largest absolute Gasteiger partial charge is 0.324 e. The molecule has 0 spiro atoms. The summed E-state index contributed by atoms with van der Waals surface area (Å²) in [4.78, 5) is 15.5. The number of halogens is 1. The van der Waals surface area contributed by atoms with Crippen LogP contribution in [0.1, 0.15) is 9.80 Å². The van der Waals surface area contributed by atoms with E-state index in [-0.39, 0.29) is 12.3 Å². The first-order chi connectivity index (χ1) is 6.72. The summed E-state index contributed by atoms with van der Waals surface area (Å²) in [6, 6.07) is 5.76. The van der Waals surface area contributed by atoms with Gasteiger partial charge in [0.1, 0.15) is 0 Å². The fraction of sp³-hybridized carbons (Fsp3) is 0.111. The predicted molar refractivity (Wildman–Crippen MR) is 60.7 cm³/mol. The summed E-state index contributed by atoms with van der Waals surface area (Å²) in [5, 5.41) is 0.481. The number of Topliss-reactive ketones (excluding diaryl/α,β-unsaturated/α-hetero) is 1. The van der Waals surface area contributed by atoms with Gasteiger partial charge in [0.25, 0.3) is 0 Å². The molecule has 0 fully saturated rings. The number of thiazole rings is 1. The number of carbonyl (C=O) groups excluding carboxylic acids is 1. The summed E-state index contributed by atoms with van der Waals surface area (Å²) >= 11 is 4.76. The lowest BCUT2D eigenvalue weighted by atomic mass is 10.3. The van der Waals surface area contributed by atoms with Gasteiger partial charge in [-0.25, -0.2) is 4.98 Å². The van der Waals surface area contributed by atoms with E-state index < -0.39 is 0 Å². The second-order valence-electron chi connectivity index (χ2n) is 2.73. The lowest BCUT2D eigenvalue weighted by Crippen LogP contribution is -2.12. The Kier molecular flexibility index (Phi) is 2.62. The molecule has 3 nitrogen and oxygen atoms in total. The van der Waals surface area contributed by atoms with E-state index in [1.165, 1.54) is 11.3 Å². The maximum atomic E-state index is 11.3. The van der Waals surface area contributed by atoms with Crippen LogP contribution in [0.2, 0.25) is 0 Å². The van der Waals surface area contributed by atoms with Crippen LogP contribution in [0.5, 0.6) is 0 Å². The van der Waals surface area contributed by atoms with Crippen LogP contribution in [-0.2, 0) is 0 Å². The van der Waals surface area contributed by atoms with Gasteiger partial charge in [0.05, 0.1) is 16.8 Å². The van der Waals surface area contributed by atoms with Crippen LogP contribution in [0.25, 0.3) is 10.2 Å². The van der Waals surface area contributed by atoms with Gasteiger partial charge in [-0.3, -0.25) is 4.79 Å². The van der Waals surface area contributed by atoms with Crippen molar-refractivity contribution >= 4 is 43.3 Å². The molecule has 2 rings (SSSR count). The monoisotopic (exact) mass is 270 g/mol. The number of hydrogen-bond donors (Lipinski definition) is 1. The second-order valence-corrected chi connectivity index (χ2v) is 4.62. The highest BCUT2D eigenvalue weighted by molar-refractivity contribution is 9.10. The van der Waals surface area contributed by atoms with E-state index in [4.69, 9.17) is 5.73 Å². The molecule has 72 valence electrons. The molecule has 1 aromatic heterocycles. The maximum absolute atomic E-state index is 11.3. The summed E-state index contributed by atoms with van der Waals surface area (Å²) in [6.07, 6.45) is 0. The first kappa shape index (κ1) is 9.76. The number of rotatable bonds is 2. The third-order valence-electron chi connectivity index (χ3n) is 1.79. The van der Waals surface area contributed by atoms with Gasteiger partial charge in [-0.05, 0) is 28.1 Å². The first-order valence-electron chi connectivity index (χ1n) is 4.00. The molecule has 0 aliphatic heterocycles. The molecule has 0 aliphatic rings. The molecule has 0 bridgehead atoms. The quantitative estimate of drug-likeness (QED) is 0.852. The van der Waals surface area contributed by atoms with Gasteiger partial charge in [0, 0.05) is 4.47 Å².